The molecule has 0 radical (unpaired) electrons. The second kappa shape index (κ2) is 5.96. The van der Waals surface area contributed by atoms with Crippen LogP contribution in [-0.4, -0.2) is 29.1 Å². The van der Waals surface area contributed by atoms with Crippen molar-refractivity contribution in [2.24, 2.45) is 5.92 Å². The Kier molecular flexibility index (Phi) is 5.03. The van der Waals surface area contributed by atoms with E-state index in [0.29, 0.717) is 18.8 Å². The molecule has 1 aromatic rings. The molecule has 1 saturated heterocycles. The van der Waals surface area contributed by atoms with E-state index in [2.05, 4.69) is 9.88 Å². The van der Waals surface area contributed by atoms with Crippen LogP contribution in [0, 0.1) is 5.92 Å². The third kappa shape index (κ3) is 3.97. The van der Waals surface area contributed by atoms with Crippen LogP contribution in [0.2, 0.25) is 0 Å². The van der Waals surface area contributed by atoms with Crippen LogP contribution in [0.3, 0.4) is 0 Å². The van der Waals surface area contributed by atoms with Crippen LogP contribution in [0.25, 0.3) is 0 Å². The van der Waals surface area contributed by atoms with Crippen molar-refractivity contribution in [3.63, 3.8) is 0 Å². The summed E-state index contributed by atoms with van der Waals surface area (Å²) in [6.07, 6.45) is 1.77. The Morgan fingerprint density at radius 1 is 1.58 bits per heavy atom. The number of anilines is 1. The molecule has 0 unspecified atom stereocenters. The first-order valence-corrected chi connectivity index (χ1v) is 6.00. The van der Waals surface area contributed by atoms with Crippen LogP contribution in [0.15, 0.2) is 18.3 Å². The third-order valence-corrected chi connectivity index (χ3v) is 3.15. The zero-order valence-corrected chi connectivity index (χ0v) is 11.6. The molecule has 0 aromatic carbocycles. The maximum absolute atomic E-state index is 10.5. The molecule has 1 aliphatic heterocycles. The van der Waals surface area contributed by atoms with Crippen LogP contribution in [-0.2, 0) is 10.4 Å². The van der Waals surface area contributed by atoms with E-state index >= 15 is 0 Å². The molecule has 1 aromatic heterocycles. The van der Waals surface area contributed by atoms with Gasteiger partial charge in [-0.3, -0.25) is 4.98 Å². The van der Waals surface area contributed by atoms with E-state index in [0.717, 1.165) is 5.69 Å². The molecular weight excluding hydrogens is 239 g/mol. The van der Waals surface area contributed by atoms with Gasteiger partial charge in [0.1, 0.15) is 5.60 Å². The van der Waals surface area contributed by atoms with Crippen molar-refractivity contribution in [3.8, 4) is 0 Å². The standard InChI is InChI=1S/C13H18N2O3.Li/c1-13(2,18)11-6-10(3-4-14-11)15-7-9(8-15)5-12(16)17;/h3-4,6,9,18H,5,7-8H2,1-2H3,(H,16,17);/q;+1/p-1. The Bertz CT molecular complexity index is 453. The van der Waals surface area contributed by atoms with E-state index < -0.39 is 11.6 Å². The minimum Gasteiger partial charge on any atom is -0.550 e. The van der Waals surface area contributed by atoms with Crippen LogP contribution >= 0.6 is 0 Å². The Hall–Kier alpha value is -1.02. The predicted molar refractivity (Wildman–Crippen MR) is 64.8 cm³/mol. The molecular formula is C13H17LiN2O3. The summed E-state index contributed by atoms with van der Waals surface area (Å²) in [5.41, 5.74) is 0.616. The van der Waals surface area contributed by atoms with E-state index in [1.807, 2.05) is 12.1 Å². The summed E-state index contributed by atoms with van der Waals surface area (Å²) >= 11 is 0. The summed E-state index contributed by atoms with van der Waals surface area (Å²) in [6.45, 7) is 4.80. The van der Waals surface area contributed by atoms with E-state index in [9.17, 15) is 15.0 Å². The summed E-state index contributed by atoms with van der Waals surface area (Å²) in [5, 5.41) is 20.3. The number of nitrogens with zero attached hydrogens (tertiary/aromatic N) is 2. The first-order valence-electron chi connectivity index (χ1n) is 6.00. The first-order chi connectivity index (χ1) is 8.36. The zero-order valence-electron chi connectivity index (χ0n) is 11.6. The maximum Gasteiger partial charge on any atom is 1.00 e. The van der Waals surface area contributed by atoms with Gasteiger partial charge in [-0.25, -0.2) is 0 Å². The average molecular weight is 256 g/mol. The first kappa shape index (κ1) is 16.0. The van der Waals surface area contributed by atoms with Crippen molar-refractivity contribution in [3.05, 3.63) is 24.0 Å². The summed E-state index contributed by atoms with van der Waals surface area (Å²) in [6, 6.07) is 3.71. The molecule has 1 aliphatic rings. The summed E-state index contributed by atoms with van der Waals surface area (Å²) in [5.74, 6) is -0.833. The topological polar surface area (TPSA) is 76.5 Å². The number of hydrogen-bond donors (Lipinski definition) is 1. The molecule has 2 heterocycles. The van der Waals surface area contributed by atoms with Gasteiger partial charge in [0, 0.05) is 30.9 Å². The second-order valence-corrected chi connectivity index (χ2v) is 5.31. The smallest absolute Gasteiger partial charge is 0.550 e. The molecule has 98 valence electrons. The SMILES string of the molecule is CC(C)(O)c1cc(N2CC(CC(=O)[O-])C2)ccn1.[Li+]. The van der Waals surface area contributed by atoms with E-state index in [4.69, 9.17) is 0 Å². The molecule has 0 saturated carbocycles. The zero-order chi connectivity index (χ0) is 13.3. The summed E-state index contributed by atoms with van der Waals surface area (Å²) in [7, 11) is 0. The van der Waals surface area contributed by atoms with Crippen molar-refractivity contribution >= 4 is 11.7 Å². The van der Waals surface area contributed by atoms with Gasteiger partial charge in [0.2, 0.25) is 0 Å². The average Bonchev–Trinajstić information content (AvgIpc) is 2.21. The molecule has 1 N–H and O–H groups in total. The van der Waals surface area contributed by atoms with Crippen LogP contribution in [0.4, 0.5) is 5.69 Å². The number of carboxylic acid groups (broad SMARTS) is 1. The van der Waals surface area contributed by atoms with Gasteiger partial charge >= 0.3 is 18.9 Å². The number of carbonyl (C=O) groups is 1. The molecule has 6 heteroatoms. The fourth-order valence-corrected chi connectivity index (χ4v) is 2.10. The van der Waals surface area contributed by atoms with Gasteiger partial charge < -0.3 is 19.9 Å². The fraction of sp³-hybridized carbons (Fsp3) is 0.538. The van der Waals surface area contributed by atoms with Crippen molar-refractivity contribution in [2.45, 2.75) is 25.9 Å². The van der Waals surface area contributed by atoms with Gasteiger partial charge in [0.25, 0.3) is 0 Å². The molecule has 19 heavy (non-hydrogen) atoms. The molecule has 0 aliphatic carbocycles. The quantitative estimate of drug-likeness (QED) is 0.577. The largest absolute Gasteiger partial charge is 1.00 e. The molecule has 0 atom stereocenters. The van der Waals surface area contributed by atoms with E-state index in [-0.39, 0.29) is 31.2 Å². The van der Waals surface area contributed by atoms with Gasteiger partial charge in [0.05, 0.1) is 5.69 Å². The molecule has 0 amide bonds. The third-order valence-electron chi connectivity index (χ3n) is 3.15. The number of aliphatic hydroxyl groups is 1. The minimum absolute atomic E-state index is 0. The monoisotopic (exact) mass is 256 g/mol. The van der Waals surface area contributed by atoms with Crippen molar-refractivity contribution < 1.29 is 33.9 Å². The number of hydrogen-bond acceptors (Lipinski definition) is 5. The van der Waals surface area contributed by atoms with Gasteiger partial charge in [-0.15, -0.1) is 0 Å². The Morgan fingerprint density at radius 3 is 2.74 bits per heavy atom. The van der Waals surface area contributed by atoms with E-state index in [1.165, 1.54) is 0 Å². The Morgan fingerprint density at radius 2 is 2.21 bits per heavy atom. The number of aliphatic carboxylic acids is 1. The molecule has 0 bridgehead atoms. The van der Waals surface area contributed by atoms with Crippen molar-refractivity contribution in [2.75, 3.05) is 18.0 Å². The summed E-state index contributed by atoms with van der Waals surface area (Å²) < 4.78 is 0. The Labute approximate surface area is 124 Å². The van der Waals surface area contributed by atoms with Gasteiger partial charge in [0.15, 0.2) is 0 Å². The second-order valence-electron chi connectivity index (χ2n) is 5.31. The number of carbonyl (C=O) groups excluding carboxylic acids is 1. The van der Waals surface area contributed by atoms with Crippen LogP contribution in [0.5, 0.6) is 0 Å². The number of pyridine rings is 1. The van der Waals surface area contributed by atoms with Crippen molar-refractivity contribution in [1.29, 1.82) is 0 Å². The van der Waals surface area contributed by atoms with Crippen molar-refractivity contribution in [1.82, 2.24) is 4.98 Å². The maximum atomic E-state index is 10.5. The summed E-state index contributed by atoms with van der Waals surface area (Å²) in [4.78, 5) is 16.7. The van der Waals surface area contributed by atoms with Crippen LogP contribution < -0.4 is 28.9 Å². The fourth-order valence-electron chi connectivity index (χ4n) is 2.10. The minimum atomic E-state index is -0.994. The molecule has 2 rings (SSSR count). The number of carboxylic acids is 1. The van der Waals surface area contributed by atoms with Crippen LogP contribution in [0.1, 0.15) is 26.0 Å². The number of aromatic nitrogens is 1. The van der Waals surface area contributed by atoms with Gasteiger partial charge in [-0.1, -0.05) is 0 Å². The Balaban J connectivity index is 0.00000180. The van der Waals surface area contributed by atoms with E-state index in [1.54, 1.807) is 20.0 Å². The predicted octanol–water partition coefficient (Wildman–Crippen LogP) is -3.11. The molecule has 5 nitrogen and oxygen atoms in total. The normalized spacial score (nSPS) is 15.6. The molecule has 1 fully saturated rings. The molecule has 0 spiro atoms. The van der Waals surface area contributed by atoms with Gasteiger partial charge in [-0.2, -0.15) is 0 Å². The number of rotatable bonds is 4. The van der Waals surface area contributed by atoms with Gasteiger partial charge in [-0.05, 0) is 38.3 Å².